The highest BCUT2D eigenvalue weighted by atomic mass is 127. The maximum Gasteiger partial charge on any atom is 0.256 e. The Kier molecular flexibility index (Phi) is 9.38. The SMILES string of the molecule is Cl.O[C@@H]1CN[C@H](COc2c(I)ccnc2F)C1.O[C@H]1C[C@H]2COc3c(I)ccnc3N2C1. The first-order valence-electron chi connectivity index (χ1n) is 9.98. The van der Waals surface area contributed by atoms with E-state index in [1.165, 1.54) is 6.20 Å². The quantitative estimate of drug-likeness (QED) is 0.334. The van der Waals surface area contributed by atoms with Crippen molar-refractivity contribution in [2.45, 2.75) is 37.1 Å². The summed E-state index contributed by atoms with van der Waals surface area (Å²) in [7, 11) is 0. The van der Waals surface area contributed by atoms with Crippen LogP contribution in [0.5, 0.6) is 11.5 Å². The summed E-state index contributed by atoms with van der Waals surface area (Å²) in [6.45, 7) is 2.25. The molecule has 5 heterocycles. The van der Waals surface area contributed by atoms with Crippen LogP contribution in [-0.2, 0) is 0 Å². The minimum absolute atomic E-state index is 0. The van der Waals surface area contributed by atoms with Gasteiger partial charge in [0.15, 0.2) is 17.3 Å². The normalized spacial score (nSPS) is 25.6. The van der Waals surface area contributed by atoms with Gasteiger partial charge in [-0.05, 0) is 70.2 Å². The molecule has 8 nitrogen and oxygen atoms in total. The summed E-state index contributed by atoms with van der Waals surface area (Å²) >= 11 is 4.25. The number of rotatable bonds is 3. The third kappa shape index (κ3) is 6.03. The summed E-state index contributed by atoms with van der Waals surface area (Å²) in [6.07, 6.45) is 4.04. The van der Waals surface area contributed by atoms with E-state index in [0.717, 1.165) is 21.6 Å². The first-order chi connectivity index (χ1) is 14.9. The number of nitrogens with one attached hydrogen (secondary N) is 1. The zero-order valence-corrected chi connectivity index (χ0v) is 22.1. The average Bonchev–Trinajstić information content (AvgIpc) is 3.33. The van der Waals surface area contributed by atoms with E-state index >= 15 is 0 Å². The summed E-state index contributed by atoms with van der Waals surface area (Å²) in [5.74, 6) is 1.34. The Morgan fingerprint density at radius 1 is 1.16 bits per heavy atom. The lowest BCUT2D eigenvalue weighted by Gasteiger charge is -2.32. The lowest BCUT2D eigenvalue weighted by molar-refractivity contribution is 0.186. The van der Waals surface area contributed by atoms with Crippen LogP contribution >= 0.6 is 57.6 Å². The molecular formula is C20H24ClFI2N4O4. The maximum atomic E-state index is 13.3. The fourth-order valence-electron chi connectivity index (χ4n) is 3.88. The molecule has 3 aliphatic rings. The highest BCUT2D eigenvalue weighted by molar-refractivity contribution is 14.1. The van der Waals surface area contributed by atoms with Crippen molar-refractivity contribution in [1.29, 1.82) is 0 Å². The molecule has 176 valence electrons. The highest BCUT2D eigenvalue weighted by Crippen LogP contribution is 2.38. The summed E-state index contributed by atoms with van der Waals surface area (Å²) in [5, 5.41) is 22.0. The second kappa shape index (κ2) is 11.6. The molecule has 2 aromatic heterocycles. The van der Waals surface area contributed by atoms with Crippen molar-refractivity contribution >= 4 is 63.4 Å². The smallest absolute Gasteiger partial charge is 0.256 e. The van der Waals surface area contributed by atoms with E-state index in [0.29, 0.717) is 36.3 Å². The number of aromatic nitrogens is 2. The molecule has 4 atom stereocenters. The van der Waals surface area contributed by atoms with Crippen LogP contribution in [0.2, 0.25) is 0 Å². The molecule has 0 amide bonds. The average molecular weight is 693 g/mol. The lowest BCUT2D eigenvalue weighted by Crippen LogP contribution is -2.39. The van der Waals surface area contributed by atoms with Gasteiger partial charge >= 0.3 is 0 Å². The topological polar surface area (TPSA) is 100.0 Å². The van der Waals surface area contributed by atoms with Crippen LogP contribution < -0.4 is 19.7 Å². The second-order valence-corrected chi connectivity index (χ2v) is 10.00. The minimum atomic E-state index is -0.592. The number of nitrogens with zero attached hydrogens (tertiary/aromatic N) is 3. The second-order valence-electron chi connectivity index (χ2n) is 7.67. The summed E-state index contributed by atoms with van der Waals surface area (Å²) < 4.78 is 26.1. The Balaban J connectivity index is 0.000000175. The number of aliphatic hydroxyl groups excluding tert-OH is 2. The van der Waals surface area contributed by atoms with Gasteiger partial charge in [0.1, 0.15) is 13.2 Å². The third-order valence-corrected chi connectivity index (χ3v) is 7.06. The van der Waals surface area contributed by atoms with Crippen molar-refractivity contribution in [3.05, 3.63) is 37.6 Å². The Morgan fingerprint density at radius 2 is 1.91 bits per heavy atom. The molecule has 2 saturated heterocycles. The van der Waals surface area contributed by atoms with Gasteiger partial charge in [-0.1, -0.05) is 0 Å². The molecule has 12 heteroatoms. The zero-order valence-electron chi connectivity index (χ0n) is 17.0. The van der Waals surface area contributed by atoms with Crippen LogP contribution in [-0.4, -0.2) is 70.8 Å². The molecule has 0 unspecified atom stereocenters. The molecular weight excluding hydrogens is 669 g/mol. The Hall–Kier alpha value is -0.740. The van der Waals surface area contributed by atoms with E-state index < -0.39 is 5.95 Å². The van der Waals surface area contributed by atoms with Gasteiger partial charge in [0.05, 0.1) is 25.4 Å². The standard InChI is InChI=1S/C10H12FIN2O2.C10H11IN2O2.ClH/c11-10-9(8(12)1-2-13-10)16-5-6-3-7(15)4-14-6;11-8-1-2-12-10-9(8)15-5-6-3-7(14)4-13(6)10;/h1-2,6-7,14-15H,3-5H2;1-2,6-7,14H,3-5H2;1H/t2*6-,7-;/m00./s1. The fourth-order valence-corrected chi connectivity index (χ4v) is 4.98. The number of fused-ring (bicyclic) bond motifs is 3. The molecule has 3 aliphatic heterocycles. The number of anilines is 1. The number of halogens is 4. The van der Waals surface area contributed by atoms with Crippen LogP contribution in [0.4, 0.5) is 10.2 Å². The number of hydrogen-bond donors (Lipinski definition) is 3. The third-order valence-electron chi connectivity index (χ3n) is 5.36. The molecule has 3 N–H and O–H groups in total. The van der Waals surface area contributed by atoms with Gasteiger partial charge in [0.25, 0.3) is 5.95 Å². The van der Waals surface area contributed by atoms with E-state index in [1.807, 2.05) is 28.7 Å². The van der Waals surface area contributed by atoms with E-state index in [9.17, 15) is 14.6 Å². The van der Waals surface area contributed by atoms with Crippen molar-refractivity contribution in [3.8, 4) is 11.5 Å². The zero-order chi connectivity index (χ0) is 22.0. The minimum Gasteiger partial charge on any atom is -0.486 e. The Bertz CT molecular complexity index is 911. The van der Waals surface area contributed by atoms with Gasteiger partial charge in [-0.2, -0.15) is 4.39 Å². The lowest BCUT2D eigenvalue weighted by atomic mass is 10.2. The van der Waals surface area contributed by atoms with E-state index in [-0.39, 0.29) is 42.4 Å². The van der Waals surface area contributed by atoms with E-state index in [2.05, 4.69) is 42.8 Å². The molecule has 0 saturated carbocycles. The molecule has 2 aromatic rings. The molecule has 0 aliphatic carbocycles. The predicted molar refractivity (Wildman–Crippen MR) is 136 cm³/mol. The van der Waals surface area contributed by atoms with Crippen LogP contribution in [0.25, 0.3) is 0 Å². The number of β-amino-alcohol motifs (C(OH)–C–C–N with tert-alkyl or cyclic N) is 1. The van der Waals surface area contributed by atoms with Gasteiger partial charge in [-0.15, -0.1) is 12.4 Å². The first-order valence-corrected chi connectivity index (χ1v) is 12.1. The first kappa shape index (κ1) is 25.9. The van der Waals surface area contributed by atoms with Gasteiger partial charge < -0.3 is 29.9 Å². The molecule has 32 heavy (non-hydrogen) atoms. The molecule has 2 fully saturated rings. The highest BCUT2D eigenvalue weighted by Gasteiger charge is 2.37. The summed E-state index contributed by atoms with van der Waals surface area (Å²) in [5.41, 5.74) is 0. The molecule has 0 aromatic carbocycles. The summed E-state index contributed by atoms with van der Waals surface area (Å²) in [4.78, 5) is 10.0. The monoisotopic (exact) mass is 692 g/mol. The van der Waals surface area contributed by atoms with Crippen molar-refractivity contribution < 1.29 is 24.1 Å². The van der Waals surface area contributed by atoms with Crippen molar-refractivity contribution in [1.82, 2.24) is 15.3 Å². The number of pyridine rings is 2. The number of aliphatic hydroxyl groups is 2. The Labute approximate surface area is 219 Å². The van der Waals surface area contributed by atoms with Crippen LogP contribution in [0.3, 0.4) is 0 Å². The van der Waals surface area contributed by atoms with Crippen LogP contribution in [0, 0.1) is 13.1 Å². The number of hydrogen-bond acceptors (Lipinski definition) is 8. The van der Waals surface area contributed by atoms with E-state index in [1.54, 1.807) is 12.3 Å². The fraction of sp³-hybridized carbons (Fsp3) is 0.500. The largest absolute Gasteiger partial charge is 0.486 e. The van der Waals surface area contributed by atoms with Crippen molar-refractivity contribution in [2.75, 3.05) is 31.2 Å². The predicted octanol–water partition coefficient (Wildman–Crippen LogP) is 2.37. The maximum absolute atomic E-state index is 13.3. The molecule has 0 spiro atoms. The van der Waals surface area contributed by atoms with Gasteiger partial charge in [0, 0.05) is 31.5 Å². The summed E-state index contributed by atoms with van der Waals surface area (Å²) in [6, 6.07) is 3.99. The van der Waals surface area contributed by atoms with Crippen molar-refractivity contribution in [3.63, 3.8) is 0 Å². The van der Waals surface area contributed by atoms with Crippen molar-refractivity contribution in [2.24, 2.45) is 0 Å². The molecule has 5 rings (SSSR count). The Morgan fingerprint density at radius 3 is 2.62 bits per heavy atom. The van der Waals surface area contributed by atoms with Gasteiger partial charge in [0.2, 0.25) is 0 Å². The molecule has 0 radical (unpaired) electrons. The van der Waals surface area contributed by atoms with Gasteiger partial charge in [-0.3, -0.25) is 0 Å². The van der Waals surface area contributed by atoms with Gasteiger partial charge in [-0.25, -0.2) is 9.97 Å². The van der Waals surface area contributed by atoms with E-state index in [4.69, 9.17) is 9.47 Å². The number of ether oxygens (including phenoxy) is 2. The van der Waals surface area contributed by atoms with Crippen LogP contribution in [0.15, 0.2) is 24.5 Å². The molecule has 0 bridgehead atoms. The van der Waals surface area contributed by atoms with Crippen LogP contribution in [0.1, 0.15) is 12.8 Å².